The van der Waals surface area contributed by atoms with Gasteiger partial charge >= 0.3 is 0 Å². The third-order valence-corrected chi connectivity index (χ3v) is 4.23. The number of carbonyl (C=O) groups excluding carboxylic acids is 1. The number of hydrogen-bond donors (Lipinski definition) is 0. The molecule has 102 valence electrons. The van der Waals surface area contributed by atoms with Crippen LogP contribution in [0.4, 0.5) is 0 Å². The Morgan fingerprint density at radius 2 is 2.15 bits per heavy atom. The summed E-state index contributed by atoms with van der Waals surface area (Å²) >= 11 is 6.39. The van der Waals surface area contributed by atoms with E-state index in [0.717, 1.165) is 29.5 Å². The first-order chi connectivity index (χ1) is 9.63. The molecule has 1 heterocycles. The van der Waals surface area contributed by atoms with Gasteiger partial charge in [-0.15, -0.1) is 0 Å². The topological polar surface area (TPSA) is 39.2 Å². The zero-order valence-electron chi connectivity index (χ0n) is 11.4. The molecule has 3 nitrogen and oxygen atoms in total. The maximum atomic E-state index is 12.8. The number of benzene rings is 1. The molecule has 0 radical (unpaired) electrons. The van der Waals surface area contributed by atoms with Crippen molar-refractivity contribution in [1.82, 2.24) is 4.98 Å². The van der Waals surface area contributed by atoms with Crippen molar-refractivity contribution in [3.63, 3.8) is 0 Å². The molecule has 1 aromatic heterocycles. The van der Waals surface area contributed by atoms with Crippen molar-refractivity contribution in [1.29, 1.82) is 0 Å². The third kappa shape index (κ3) is 1.90. The van der Waals surface area contributed by atoms with Crippen LogP contribution in [0, 0.1) is 6.92 Å². The largest absolute Gasteiger partial charge is 0.496 e. The summed E-state index contributed by atoms with van der Waals surface area (Å²) in [5.74, 6) is 0.470. The van der Waals surface area contributed by atoms with Gasteiger partial charge in [0, 0.05) is 11.2 Å². The third-order valence-electron chi connectivity index (χ3n) is 3.70. The molecular weight excluding hydrogens is 274 g/mol. The number of ketones is 1. The molecule has 2 aromatic rings. The molecule has 20 heavy (non-hydrogen) atoms. The first kappa shape index (κ1) is 13.1. The fourth-order valence-corrected chi connectivity index (χ4v) is 2.94. The van der Waals surface area contributed by atoms with Crippen LogP contribution in [-0.2, 0) is 12.8 Å². The summed E-state index contributed by atoms with van der Waals surface area (Å²) in [6, 6.07) is 5.61. The van der Waals surface area contributed by atoms with Gasteiger partial charge in [0.1, 0.15) is 11.4 Å². The molecule has 3 rings (SSSR count). The van der Waals surface area contributed by atoms with Gasteiger partial charge in [-0.1, -0.05) is 17.7 Å². The summed E-state index contributed by atoms with van der Waals surface area (Å²) in [5, 5.41) is 0.655. The summed E-state index contributed by atoms with van der Waals surface area (Å²) < 4.78 is 5.38. The van der Waals surface area contributed by atoms with E-state index in [-0.39, 0.29) is 5.78 Å². The molecule has 0 saturated heterocycles. The number of rotatable bonds is 1. The number of pyridine rings is 1. The fourth-order valence-electron chi connectivity index (χ4n) is 2.70. The standard InChI is InChI=1S/C16H14ClNO2/c1-9-8-12(20-2)13-11(14(9)17)6-5-10-4-3-7-18-15(10)16(13)19/h3-4,7-8H,5-6H2,1-2H3. The summed E-state index contributed by atoms with van der Waals surface area (Å²) in [6.45, 7) is 1.92. The van der Waals surface area contributed by atoms with E-state index < -0.39 is 0 Å². The number of nitrogens with zero attached hydrogens (tertiary/aromatic N) is 1. The first-order valence-corrected chi connectivity index (χ1v) is 6.86. The minimum atomic E-state index is -0.105. The average Bonchev–Trinajstić information content (AvgIpc) is 2.61. The van der Waals surface area contributed by atoms with Crippen LogP contribution in [-0.4, -0.2) is 17.9 Å². The van der Waals surface area contributed by atoms with E-state index in [2.05, 4.69) is 4.98 Å². The minimum absolute atomic E-state index is 0.105. The van der Waals surface area contributed by atoms with Gasteiger partial charge in [-0.25, -0.2) is 0 Å². The van der Waals surface area contributed by atoms with E-state index in [1.807, 2.05) is 25.1 Å². The van der Waals surface area contributed by atoms with Crippen molar-refractivity contribution in [3.05, 3.63) is 57.4 Å². The Kier molecular flexibility index (Phi) is 3.22. The Morgan fingerprint density at radius 1 is 1.35 bits per heavy atom. The second-order valence-electron chi connectivity index (χ2n) is 4.90. The van der Waals surface area contributed by atoms with E-state index in [1.54, 1.807) is 13.3 Å². The molecule has 1 aromatic carbocycles. The first-order valence-electron chi connectivity index (χ1n) is 6.48. The molecule has 0 fully saturated rings. The van der Waals surface area contributed by atoms with Crippen molar-refractivity contribution in [2.24, 2.45) is 0 Å². The van der Waals surface area contributed by atoms with Crippen molar-refractivity contribution in [3.8, 4) is 5.75 Å². The molecule has 0 saturated carbocycles. The van der Waals surface area contributed by atoms with Gasteiger partial charge in [-0.05, 0) is 48.6 Å². The lowest BCUT2D eigenvalue weighted by molar-refractivity contribution is 0.103. The van der Waals surface area contributed by atoms with Gasteiger partial charge in [0.2, 0.25) is 5.78 Å². The maximum absolute atomic E-state index is 12.8. The molecule has 1 aliphatic rings. The van der Waals surface area contributed by atoms with Crippen LogP contribution in [0.25, 0.3) is 0 Å². The lowest BCUT2D eigenvalue weighted by Gasteiger charge is -2.14. The molecule has 4 heteroatoms. The number of halogens is 1. The molecule has 0 amide bonds. The van der Waals surface area contributed by atoms with E-state index >= 15 is 0 Å². The van der Waals surface area contributed by atoms with Crippen LogP contribution in [0.15, 0.2) is 24.4 Å². The Labute approximate surface area is 122 Å². The summed E-state index contributed by atoms with van der Waals surface area (Å²) in [6.07, 6.45) is 3.12. The lowest BCUT2D eigenvalue weighted by atomic mass is 9.98. The van der Waals surface area contributed by atoms with Crippen molar-refractivity contribution in [2.75, 3.05) is 7.11 Å². The Hall–Kier alpha value is -1.87. The van der Waals surface area contributed by atoms with E-state index in [0.29, 0.717) is 22.0 Å². The number of fused-ring (bicyclic) bond motifs is 2. The number of aromatic nitrogens is 1. The molecule has 0 N–H and O–H groups in total. The van der Waals surface area contributed by atoms with E-state index in [4.69, 9.17) is 16.3 Å². The van der Waals surface area contributed by atoms with E-state index in [1.165, 1.54) is 0 Å². The SMILES string of the molecule is COc1cc(C)c(Cl)c2c1C(=O)c1ncccc1CC2. The second kappa shape index (κ2) is 4.91. The van der Waals surface area contributed by atoms with Crippen molar-refractivity contribution < 1.29 is 9.53 Å². The van der Waals surface area contributed by atoms with Crippen LogP contribution < -0.4 is 4.74 Å². The normalized spacial score (nSPS) is 13.4. The summed E-state index contributed by atoms with van der Waals surface area (Å²) in [4.78, 5) is 17.0. The highest BCUT2D eigenvalue weighted by Gasteiger charge is 2.28. The number of ether oxygens (including phenoxy) is 1. The smallest absolute Gasteiger partial charge is 0.215 e. The Balaban J connectivity index is 2.30. The number of carbonyl (C=O) groups is 1. The quantitative estimate of drug-likeness (QED) is 0.807. The van der Waals surface area contributed by atoms with Gasteiger partial charge in [0.05, 0.1) is 12.7 Å². The van der Waals surface area contributed by atoms with Crippen LogP contribution >= 0.6 is 11.6 Å². The number of methoxy groups -OCH3 is 1. The predicted octanol–water partition coefficient (Wildman–Crippen LogP) is 3.38. The molecule has 0 atom stereocenters. The Morgan fingerprint density at radius 3 is 2.90 bits per heavy atom. The summed E-state index contributed by atoms with van der Waals surface area (Å²) in [5.41, 5.74) is 3.81. The summed E-state index contributed by atoms with van der Waals surface area (Å²) in [7, 11) is 1.57. The molecule has 0 spiro atoms. The monoisotopic (exact) mass is 287 g/mol. The molecule has 0 unspecified atom stereocenters. The molecular formula is C16H14ClNO2. The minimum Gasteiger partial charge on any atom is -0.496 e. The second-order valence-corrected chi connectivity index (χ2v) is 5.28. The maximum Gasteiger partial charge on any atom is 0.215 e. The van der Waals surface area contributed by atoms with Gasteiger partial charge in [-0.2, -0.15) is 0 Å². The fraction of sp³-hybridized carbons (Fsp3) is 0.250. The highest BCUT2D eigenvalue weighted by molar-refractivity contribution is 6.33. The predicted molar refractivity (Wildman–Crippen MR) is 77.8 cm³/mol. The zero-order valence-corrected chi connectivity index (χ0v) is 12.1. The van der Waals surface area contributed by atoms with Crippen LogP contribution in [0.3, 0.4) is 0 Å². The van der Waals surface area contributed by atoms with Crippen LogP contribution in [0.2, 0.25) is 5.02 Å². The van der Waals surface area contributed by atoms with Crippen molar-refractivity contribution in [2.45, 2.75) is 19.8 Å². The van der Waals surface area contributed by atoms with E-state index in [9.17, 15) is 4.79 Å². The van der Waals surface area contributed by atoms with Gasteiger partial charge in [0.25, 0.3) is 0 Å². The zero-order chi connectivity index (χ0) is 14.3. The van der Waals surface area contributed by atoms with Gasteiger partial charge in [-0.3, -0.25) is 9.78 Å². The molecule has 0 aliphatic heterocycles. The number of aryl methyl sites for hydroxylation is 2. The van der Waals surface area contributed by atoms with Gasteiger partial charge in [0.15, 0.2) is 0 Å². The average molecular weight is 288 g/mol. The molecule has 0 bridgehead atoms. The van der Waals surface area contributed by atoms with Crippen LogP contribution in [0.1, 0.15) is 32.7 Å². The van der Waals surface area contributed by atoms with Crippen molar-refractivity contribution >= 4 is 17.4 Å². The van der Waals surface area contributed by atoms with Gasteiger partial charge < -0.3 is 4.74 Å². The highest BCUT2D eigenvalue weighted by atomic mass is 35.5. The molecule has 1 aliphatic carbocycles. The Bertz CT molecular complexity index is 710. The van der Waals surface area contributed by atoms with Crippen LogP contribution in [0.5, 0.6) is 5.75 Å². The number of hydrogen-bond acceptors (Lipinski definition) is 3. The highest BCUT2D eigenvalue weighted by Crippen LogP contribution is 2.36. The lowest BCUT2D eigenvalue weighted by Crippen LogP contribution is -2.09.